The number of carbonyl (C=O) groups excluding carboxylic acids is 7. The maximum absolute atomic E-state index is 13.3. The van der Waals surface area contributed by atoms with Crippen LogP contribution >= 0.6 is 23.5 Å². The van der Waals surface area contributed by atoms with Gasteiger partial charge in [0.2, 0.25) is 11.0 Å². The zero-order valence-electron chi connectivity index (χ0n) is 30.0. The summed E-state index contributed by atoms with van der Waals surface area (Å²) in [5.74, 6) is -4.82. The Morgan fingerprint density at radius 3 is 2.00 bits per heavy atom. The van der Waals surface area contributed by atoms with Gasteiger partial charge >= 0.3 is 29.8 Å². The van der Waals surface area contributed by atoms with Crippen molar-refractivity contribution in [3.05, 3.63) is 30.3 Å². The molecule has 0 aliphatic carbocycles. The van der Waals surface area contributed by atoms with Crippen LogP contribution < -0.4 is 5.32 Å². The van der Waals surface area contributed by atoms with Crippen LogP contribution in [0.4, 0.5) is 0 Å². The molecule has 15 nitrogen and oxygen atoms in total. The lowest BCUT2D eigenvalue weighted by molar-refractivity contribution is -0.308. The van der Waals surface area contributed by atoms with Gasteiger partial charge in [0.1, 0.15) is 30.3 Å². The van der Waals surface area contributed by atoms with Crippen molar-refractivity contribution in [2.24, 2.45) is 5.92 Å². The fourth-order valence-corrected chi connectivity index (χ4v) is 6.40. The Labute approximate surface area is 305 Å². The maximum atomic E-state index is 13.3. The molecule has 1 fully saturated rings. The third-order valence-electron chi connectivity index (χ3n) is 6.66. The Bertz CT molecular complexity index is 1370. The zero-order chi connectivity index (χ0) is 38.3. The molecule has 1 aromatic carbocycles. The minimum absolute atomic E-state index is 0.0279. The monoisotopic (exact) mass is 757 g/mol. The molecule has 1 aliphatic rings. The van der Waals surface area contributed by atoms with Gasteiger partial charge in [0.05, 0.1) is 6.61 Å². The van der Waals surface area contributed by atoms with Crippen LogP contribution in [0, 0.1) is 5.92 Å². The smallest absolute Gasteiger partial charge is 0.318 e. The van der Waals surface area contributed by atoms with Crippen molar-refractivity contribution in [2.75, 3.05) is 24.7 Å². The van der Waals surface area contributed by atoms with Crippen LogP contribution in [0.5, 0.6) is 0 Å². The van der Waals surface area contributed by atoms with Crippen molar-refractivity contribution in [2.45, 2.75) is 109 Å². The molecule has 0 aromatic heterocycles. The standard InChI is InChI=1S/C34H47NO14S2/c1-19(31(41)49-34(6,7)8)30(40)35-25(32(42)51-24-13-10-9-11-14-24)18-50-16-12-15-43-33-29(47-23(5)39)28(46-22(4)38)27(45-21(3)37)26(48-33)17-44-20(2)36/h9-11,13-14,19,25-29,33H,12,15-18H2,1-8H3,(H,35,40)/t19?,25?,26-,27+,28+,29-,33-/m1/s1. The van der Waals surface area contributed by atoms with E-state index in [4.69, 9.17) is 33.2 Å². The van der Waals surface area contributed by atoms with Crippen LogP contribution in [-0.2, 0) is 66.7 Å². The molecular weight excluding hydrogens is 711 g/mol. The van der Waals surface area contributed by atoms with Crippen molar-refractivity contribution in [3.63, 3.8) is 0 Å². The predicted molar refractivity (Wildman–Crippen MR) is 184 cm³/mol. The van der Waals surface area contributed by atoms with Gasteiger partial charge in [0.25, 0.3) is 0 Å². The highest BCUT2D eigenvalue weighted by molar-refractivity contribution is 8.14. The van der Waals surface area contributed by atoms with Gasteiger partial charge in [-0.25, -0.2) is 0 Å². The molecule has 7 atom stereocenters. The molecular formula is C34H47NO14S2. The molecule has 2 unspecified atom stereocenters. The summed E-state index contributed by atoms with van der Waals surface area (Å²) in [7, 11) is 0. The molecule has 2 rings (SSSR count). The van der Waals surface area contributed by atoms with Crippen molar-refractivity contribution in [3.8, 4) is 0 Å². The second-order valence-corrected chi connectivity index (χ2v) is 14.6. The van der Waals surface area contributed by atoms with Gasteiger partial charge in [-0.3, -0.25) is 33.6 Å². The Morgan fingerprint density at radius 1 is 0.843 bits per heavy atom. The summed E-state index contributed by atoms with van der Waals surface area (Å²) in [4.78, 5) is 87.0. The summed E-state index contributed by atoms with van der Waals surface area (Å²) >= 11 is 2.31. The molecule has 0 bridgehead atoms. The van der Waals surface area contributed by atoms with E-state index in [-0.39, 0.29) is 24.1 Å². The van der Waals surface area contributed by atoms with Crippen LogP contribution in [0.3, 0.4) is 0 Å². The van der Waals surface area contributed by atoms with E-state index in [0.29, 0.717) is 17.1 Å². The number of hydrogen-bond donors (Lipinski definition) is 1. The van der Waals surface area contributed by atoms with Crippen LogP contribution in [0.25, 0.3) is 0 Å². The quantitative estimate of drug-likeness (QED) is 0.0800. The van der Waals surface area contributed by atoms with Crippen molar-refractivity contribution in [1.29, 1.82) is 0 Å². The number of amides is 1. The normalized spacial score (nSPS) is 21.3. The first kappa shape index (κ1) is 43.5. The summed E-state index contributed by atoms with van der Waals surface area (Å²) in [6.07, 6.45) is -6.09. The van der Waals surface area contributed by atoms with E-state index < -0.39 is 84.0 Å². The number of esters is 5. The average Bonchev–Trinajstić information content (AvgIpc) is 3.02. The Morgan fingerprint density at radius 2 is 1.43 bits per heavy atom. The highest BCUT2D eigenvalue weighted by atomic mass is 32.2. The van der Waals surface area contributed by atoms with Crippen molar-refractivity contribution < 1.29 is 66.7 Å². The number of carbonyl (C=O) groups is 7. The topological polar surface area (TPSA) is 196 Å². The number of ether oxygens (including phenoxy) is 7. The van der Waals surface area contributed by atoms with Crippen molar-refractivity contribution in [1.82, 2.24) is 5.32 Å². The summed E-state index contributed by atoms with van der Waals surface area (Å²) in [6.45, 7) is 10.7. The number of hydrogen-bond acceptors (Lipinski definition) is 16. The van der Waals surface area contributed by atoms with E-state index in [1.54, 1.807) is 45.0 Å². The molecule has 17 heteroatoms. The minimum Gasteiger partial charge on any atom is -0.463 e. The number of thioether (sulfide) groups is 2. The van der Waals surface area contributed by atoms with Gasteiger partial charge in [-0.05, 0) is 63.8 Å². The molecule has 1 amide bonds. The summed E-state index contributed by atoms with van der Waals surface area (Å²) in [5.41, 5.74) is -0.794. The van der Waals surface area contributed by atoms with Gasteiger partial charge in [0.15, 0.2) is 24.6 Å². The first-order valence-electron chi connectivity index (χ1n) is 16.2. The van der Waals surface area contributed by atoms with E-state index >= 15 is 0 Å². The van der Waals surface area contributed by atoms with Gasteiger partial charge in [-0.15, -0.1) is 0 Å². The first-order valence-corrected chi connectivity index (χ1v) is 18.1. The lowest BCUT2D eigenvalue weighted by atomic mass is 9.98. The highest BCUT2D eigenvalue weighted by Crippen LogP contribution is 2.30. The number of rotatable bonds is 17. The van der Waals surface area contributed by atoms with Crippen molar-refractivity contribution >= 4 is 64.4 Å². The average molecular weight is 758 g/mol. The Balaban J connectivity index is 2.12. The van der Waals surface area contributed by atoms with Gasteiger partial charge in [-0.2, -0.15) is 11.8 Å². The van der Waals surface area contributed by atoms with Gasteiger partial charge in [-0.1, -0.05) is 18.2 Å². The Hall–Kier alpha value is -3.67. The molecule has 0 saturated carbocycles. The highest BCUT2D eigenvalue weighted by Gasteiger charge is 2.52. The number of benzene rings is 1. The SMILES string of the molecule is CC(=O)OC[C@H]1O[C@@H](OCCCSCC(NC(=O)C(C)C(=O)OC(C)(C)C)C(=O)Sc2ccccc2)[C@H](OC(C)=O)[C@@H](OC(C)=O)[C@H]1OC(C)=O. The van der Waals surface area contributed by atoms with E-state index in [0.717, 1.165) is 32.5 Å². The van der Waals surface area contributed by atoms with E-state index in [9.17, 15) is 33.6 Å². The lowest BCUT2D eigenvalue weighted by Gasteiger charge is -2.44. The largest absolute Gasteiger partial charge is 0.463 e. The molecule has 1 aromatic rings. The maximum Gasteiger partial charge on any atom is 0.318 e. The van der Waals surface area contributed by atoms with Crippen LogP contribution in [0.15, 0.2) is 35.2 Å². The van der Waals surface area contributed by atoms with Gasteiger partial charge < -0.3 is 38.5 Å². The predicted octanol–water partition coefficient (Wildman–Crippen LogP) is 2.99. The second-order valence-electron chi connectivity index (χ2n) is 12.4. The molecule has 51 heavy (non-hydrogen) atoms. The number of nitrogens with one attached hydrogen (secondary N) is 1. The molecule has 0 radical (unpaired) electrons. The Kier molecular flexibility index (Phi) is 17.9. The van der Waals surface area contributed by atoms with E-state index in [1.165, 1.54) is 25.6 Å². The third kappa shape index (κ3) is 16.0. The lowest BCUT2D eigenvalue weighted by Crippen LogP contribution is -2.63. The van der Waals surface area contributed by atoms with Gasteiger partial charge in [0, 0.05) is 38.3 Å². The molecule has 0 spiro atoms. The van der Waals surface area contributed by atoms with Crippen LogP contribution in [-0.4, -0.2) is 108 Å². The van der Waals surface area contributed by atoms with E-state index in [2.05, 4.69) is 5.32 Å². The summed E-state index contributed by atoms with van der Waals surface area (Å²) in [6, 6.07) is 7.97. The molecule has 284 valence electrons. The van der Waals surface area contributed by atoms with Crippen LogP contribution in [0.1, 0.15) is 61.8 Å². The fourth-order valence-electron chi connectivity index (χ4n) is 4.52. The minimum atomic E-state index is -1.36. The first-order chi connectivity index (χ1) is 23.9. The molecule has 1 aliphatic heterocycles. The summed E-state index contributed by atoms with van der Waals surface area (Å²) < 4.78 is 38.4. The zero-order valence-corrected chi connectivity index (χ0v) is 31.6. The van der Waals surface area contributed by atoms with Crippen LogP contribution in [0.2, 0.25) is 0 Å². The fraction of sp³-hybridized carbons (Fsp3) is 0.618. The third-order valence-corrected chi connectivity index (χ3v) is 8.80. The second kappa shape index (κ2) is 21.0. The molecule has 1 heterocycles. The molecule has 1 saturated heterocycles. The molecule has 1 N–H and O–H groups in total. The summed E-state index contributed by atoms with van der Waals surface area (Å²) in [5, 5.41) is 2.36. The van der Waals surface area contributed by atoms with E-state index in [1.807, 2.05) is 6.07 Å².